The number of carbonyl (C=O) groups is 1. The number of nitrogens with one attached hydrogen (secondary N) is 4. The van der Waals surface area contributed by atoms with Crippen LogP contribution in [0.15, 0.2) is 71.1 Å². The number of imidazole rings is 2. The lowest BCUT2D eigenvalue weighted by Gasteiger charge is -2.12. The predicted octanol–water partition coefficient (Wildman–Crippen LogP) is 4.73. The third-order valence-electron chi connectivity index (χ3n) is 5.31. The summed E-state index contributed by atoms with van der Waals surface area (Å²) in [4.78, 5) is 32.6. The Hall–Kier alpha value is -3.72. The summed E-state index contributed by atoms with van der Waals surface area (Å²) in [7, 11) is 0. The number of aromatic nitrogens is 5. The summed E-state index contributed by atoms with van der Waals surface area (Å²) in [5.41, 5.74) is 4.68. The molecule has 1 aromatic carbocycles. The third-order valence-corrected chi connectivity index (χ3v) is 5.75. The van der Waals surface area contributed by atoms with E-state index in [1.807, 2.05) is 24.3 Å². The summed E-state index contributed by atoms with van der Waals surface area (Å²) in [6.45, 7) is 1.00. The quantitative estimate of drug-likeness (QED) is 0.291. The molecule has 0 unspecified atom stereocenters. The molecule has 3 heterocycles. The number of rotatable bonds is 7. The van der Waals surface area contributed by atoms with Crippen LogP contribution in [0.4, 0.5) is 5.69 Å². The smallest absolute Gasteiger partial charge is 0.251 e. The van der Waals surface area contributed by atoms with Gasteiger partial charge in [-0.05, 0) is 58.6 Å². The van der Waals surface area contributed by atoms with E-state index < -0.39 is 0 Å². The molecule has 0 radical (unpaired) electrons. The molecule has 4 aromatic rings. The zero-order valence-corrected chi connectivity index (χ0v) is 19.3. The summed E-state index contributed by atoms with van der Waals surface area (Å²) in [5.74, 6) is 1.30. The molecular weight excluding hydrogens is 482 g/mol. The van der Waals surface area contributed by atoms with Gasteiger partial charge in [0.15, 0.2) is 5.65 Å². The van der Waals surface area contributed by atoms with Gasteiger partial charge < -0.3 is 20.6 Å². The SMILES string of the molecule is O=C(NCC1=CCCC=C1)c1cc(NCc2ncc[nH]2)cc(-c2nc3ncc(Br)cc3[nH]2)c1. The van der Waals surface area contributed by atoms with Crippen molar-refractivity contribution in [3.05, 3.63) is 82.5 Å². The molecule has 9 heteroatoms. The zero-order chi connectivity index (χ0) is 22.6. The van der Waals surface area contributed by atoms with Crippen LogP contribution < -0.4 is 10.6 Å². The first-order chi connectivity index (χ1) is 16.1. The second-order valence-corrected chi connectivity index (χ2v) is 8.66. The minimum Gasteiger partial charge on any atom is -0.378 e. The normalized spacial score (nSPS) is 13.2. The standard InChI is InChI=1S/C24H22BrN7O/c25-18-11-20-23(29-13-18)32-22(31-20)16-8-17(24(33)30-12-15-4-2-1-3-5-15)10-19(9-16)28-14-21-26-6-7-27-21/h2,4-11,13,28H,1,3,12,14H2,(H,26,27)(H,30,33)(H,29,31,32). The van der Waals surface area contributed by atoms with Gasteiger partial charge in [-0.15, -0.1) is 0 Å². The van der Waals surface area contributed by atoms with Gasteiger partial charge in [0.05, 0.1) is 12.1 Å². The van der Waals surface area contributed by atoms with E-state index in [2.05, 4.69) is 69.7 Å². The van der Waals surface area contributed by atoms with Crippen molar-refractivity contribution in [3.63, 3.8) is 0 Å². The number of carbonyl (C=O) groups excluding carboxylic acids is 1. The van der Waals surface area contributed by atoms with Gasteiger partial charge in [-0.3, -0.25) is 4.79 Å². The van der Waals surface area contributed by atoms with Crippen LogP contribution in [0.2, 0.25) is 0 Å². The van der Waals surface area contributed by atoms with Crippen LogP contribution >= 0.6 is 15.9 Å². The van der Waals surface area contributed by atoms with Gasteiger partial charge in [0, 0.05) is 46.4 Å². The lowest BCUT2D eigenvalue weighted by Crippen LogP contribution is -2.25. The molecule has 0 saturated heterocycles. The van der Waals surface area contributed by atoms with Gasteiger partial charge in [-0.2, -0.15) is 0 Å². The van der Waals surface area contributed by atoms with Gasteiger partial charge in [0.2, 0.25) is 0 Å². The number of aromatic amines is 2. The fourth-order valence-corrected chi connectivity index (χ4v) is 4.00. The van der Waals surface area contributed by atoms with E-state index in [4.69, 9.17) is 0 Å². The molecule has 1 aliphatic carbocycles. The molecule has 4 N–H and O–H groups in total. The number of hydrogen-bond acceptors (Lipinski definition) is 5. The number of anilines is 1. The van der Waals surface area contributed by atoms with Crippen molar-refractivity contribution in [3.8, 4) is 11.4 Å². The Morgan fingerprint density at radius 3 is 2.88 bits per heavy atom. The zero-order valence-electron chi connectivity index (χ0n) is 17.7. The van der Waals surface area contributed by atoms with E-state index in [0.29, 0.717) is 30.1 Å². The monoisotopic (exact) mass is 503 g/mol. The molecule has 5 rings (SSSR count). The van der Waals surface area contributed by atoms with Crippen LogP contribution in [0.1, 0.15) is 29.0 Å². The Kier molecular flexibility index (Phi) is 6.03. The number of allylic oxidation sites excluding steroid dienone is 2. The van der Waals surface area contributed by atoms with Crippen LogP contribution in [0.5, 0.6) is 0 Å². The molecule has 3 aromatic heterocycles. The highest BCUT2D eigenvalue weighted by molar-refractivity contribution is 9.10. The highest BCUT2D eigenvalue weighted by Crippen LogP contribution is 2.26. The Morgan fingerprint density at radius 1 is 1.12 bits per heavy atom. The van der Waals surface area contributed by atoms with Gasteiger partial charge in [-0.1, -0.05) is 18.2 Å². The molecule has 0 spiro atoms. The molecule has 1 amide bonds. The largest absolute Gasteiger partial charge is 0.378 e. The number of H-pyrrole nitrogens is 2. The maximum atomic E-state index is 13.0. The van der Waals surface area contributed by atoms with E-state index in [9.17, 15) is 4.79 Å². The van der Waals surface area contributed by atoms with Crippen molar-refractivity contribution in [2.24, 2.45) is 0 Å². The summed E-state index contributed by atoms with van der Waals surface area (Å²) in [6, 6.07) is 7.56. The van der Waals surface area contributed by atoms with E-state index >= 15 is 0 Å². The molecule has 0 atom stereocenters. The first-order valence-electron chi connectivity index (χ1n) is 10.7. The van der Waals surface area contributed by atoms with E-state index in [1.165, 1.54) is 0 Å². The summed E-state index contributed by atoms with van der Waals surface area (Å²) < 4.78 is 0.866. The van der Waals surface area contributed by atoms with Crippen molar-refractivity contribution < 1.29 is 4.79 Å². The lowest BCUT2D eigenvalue weighted by molar-refractivity contribution is 0.0957. The van der Waals surface area contributed by atoms with E-state index in [-0.39, 0.29) is 5.91 Å². The molecule has 1 aliphatic rings. The number of nitrogens with zero attached hydrogens (tertiary/aromatic N) is 3. The highest BCUT2D eigenvalue weighted by atomic mass is 79.9. The fourth-order valence-electron chi connectivity index (χ4n) is 3.67. The van der Waals surface area contributed by atoms with Gasteiger partial charge >= 0.3 is 0 Å². The molecule has 0 saturated carbocycles. The van der Waals surface area contributed by atoms with E-state index in [0.717, 1.165) is 45.5 Å². The Bertz CT molecular complexity index is 1350. The number of benzene rings is 1. The maximum Gasteiger partial charge on any atom is 0.251 e. The average Bonchev–Trinajstić information content (AvgIpc) is 3.51. The second-order valence-electron chi connectivity index (χ2n) is 7.74. The van der Waals surface area contributed by atoms with Crippen molar-refractivity contribution in [1.29, 1.82) is 0 Å². The van der Waals surface area contributed by atoms with Crippen LogP contribution in [0.3, 0.4) is 0 Å². The molecular formula is C24H22BrN7O. The fraction of sp³-hybridized carbons (Fsp3) is 0.167. The average molecular weight is 504 g/mol. The third kappa shape index (κ3) is 5.04. The summed E-state index contributed by atoms with van der Waals surface area (Å²) in [6.07, 6.45) is 13.6. The number of halogens is 1. The first kappa shape index (κ1) is 21.1. The van der Waals surface area contributed by atoms with Crippen LogP contribution in [0, 0.1) is 0 Å². The molecule has 8 nitrogen and oxygen atoms in total. The van der Waals surface area contributed by atoms with Crippen LogP contribution in [-0.2, 0) is 6.54 Å². The molecule has 0 aliphatic heterocycles. The number of pyridine rings is 1. The number of hydrogen-bond donors (Lipinski definition) is 4. The minimum atomic E-state index is -0.144. The minimum absolute atomic E-state index is 0.144. The van der Waals surface area contributed by atoms with Gasteiger partial charge in [0.1, 0.15) is 11.6 Å². The summed E-state index contributed by atoms with van der Waals surface area (Å²) in [5, 5.41) is 6.36. The second kappa shape index (κ2) is 9.41. The number of fused-ring (bicyclic) bond motifs is 1. The first-order valence-corrected chi connectivity index (χ1v) is 11.5. The molecule has 0 fully saturated rings. The maximum absolute atomic E-state index is 13.0. The van der Waals surface area contributed by atoms with E-state index in [1.54, 1.807) is 18.6 Å². The predicted molar refractivity (Wildman–Crippen MR) is 132 cm³/mol. The molecule has 166 valence electrons. The van der Waals surface area contributed by atoms with Crippen molar-refractivity contribution >= 4 is 38.7 Å². The molecule has 33 heavy (non-hydrogen) atoms. The Morgan fingerprint density at radius 2 is 2.06 bits per heavy atom. The molecule has 0 bridgehead atoms. The van der Waals surface area contributed by atoms with Crippen molar-refractivity contribution in [1.82, 2.24) is 30.2 Å². The highest BCUT2D eigenvalue weighted by Gasteiger charge is 2.14. The van der Waals surface area contributed by atoms with Crippen molar-refractivity contribution in [2.45, 2.75) is 19.4 Å². The van der Waals surface area contributed by atoms with Gasteiger partial charge in [-0.25, -0.2) is 15.0 Å². The topological polar surface area (TPSA) is 111 Å². The Labute approximate surface area is 198 Å². The van der Waals surface area contributed by atoms with Crippen molar-refractivity contribution in [2.75, 3.05) is 11.9 Å². The van der Waals surface area contributed by atoms with Crippen LogP contribution in [0.25, 0.3) is 22.6 Å². The van der Waals surface area contributed by atoms with Gasteiger partial charge in [0.25, 0.3) is 5.91 Å². The summed E-state index contributed by atoms with van der Waals surface area (Å²) >= 11 is 3.44. The lowest BCUT2D eigenvalue weighted by atomic mass is 10.1. The number of amides is 1. The Balaban J connectivity index is 1.44. The van der Waals surface area contributed by atoms with Crippen LogP contribution in [-0.4, -0.2) is 37.4 Å².